The molecule has 0 heterocycles. The Morgan fingerprint density at radius 1 is 0.879 bits per heavy atom. The summed E-state index contributed by atoms with van der Waals surface area (Å²) in [5.74, 6) is -2.84. The van der Waals surface area contributed by atoms with Crippen LogP contribution in [0.3, 0.4) is 0 Å². The number of ether oxygens (including phenoxy) is 1. The van der Waals surface area contributed by atoms with Crippen molar-refractivity contribution < 1.29 is 31.9 Å². The highest BCUT2D eigenvalue weighted by molar-refractivity contribution is 5.96. The molecule has 0 saturated heterocycles. The van der Waals surface area contributed by atoms with E-state index in [0.717, 1.165) is 19.3 Å². The summed E-state index contributed by atoms with van der Waals surface area (Å²) < 4.78 is 56.9. The van der Waals surface area contributed by atoms with Crippen molar-refractivity contribution in [2.24, 2.45) is 0 Å². The van der Waals surface area contributed by atoms with E-state index < -0.39 is 41.0 Å². The van der Waals surface area contributed by atoms with Crippen LogP contribution in [-0.2, 0) is 15.7 Å². The summed E-state index contributed by atoms with van der Waals surface area (Å²) in [6.07, 6.45) is 9.42. The zero-order valence-corrected chi connectivity index (χ0v) is 19.7. The van der Waals surface area contributed by atoms with Gasteiger partial charge in [-0.2, -0.15) is 13.2 Å². The van der Waals surface area contributed by atoms with E-state index in [1.54, 1.807) is 0 Å². The van der Waals surface area contributed by atoms with Crippen LogP contribution in [0.1, 0.15) is 107 Å². The smallest absolute Gasteiger partial charge is 0.416 e. The van der Waals surface area contributed by atoms with Gasteiger partial charge in [0.2, 0.25) is 0 Å². The van der Waals surface area contributed by atoms with E-state index in [0.29, 0.717) is 24.6 Å². The van der Waals surface area contributed by atoms with E-state index in [4.69, 9.17) is 4.74 Å². The van der Waals surface area contributed by atoms with Crippen molar-refractivity contribution in [2.75, 3.05) is 6.61 Å². The van der Waals surface area contributed by atoms with Gasteiger partial charge in [0.15, 0.2) is 0 Å². The molecule has 0 fully saturated rings. The average molecular weight is 476 g/mol. The molecule has 33 heavy (non-hydrogen) atoms. The van der Waals surface area contributed by atoms with Gasteiger partial charge < -0.3 is 10.1 Å². The molecule has 0 aliphatic heterocycles. The zero-order chi connectivity index (χ0) is 24.7. The fourth-order valence-electron chi connectivity index (χ4n) is 3.46. The molecular formula is C25H37F4NO3. The Morgan fingerprint density at radius 3 is 1.91 bits per heavy atom. The van der Waals surface area contributed by atoms with Gasteiger partial charge in [-0.1, -0.05) is 77.6 Å². The highest BCUT2D eigenvalue weighted by Gasteiger charge is 2.32. The molecule has 188 valence electrons. The fourth-order valence-corrected chi connectivity index (χ4v) is 3.46. The summed E-state index contributed by atoms with van der Waals surface area (Å²) in [6.45, 7) is 3.80. The SMILES string of the molecule is CCCCCCCCCCCCCCOC(=O)C(C)NC(=O)c1cc(F)cc(C(F)(F)F)c1. The maximum atomic E-state index is 13.5. The molecule has 0 aliphatic carbocycles. The first-order chi connectivity index (χ1) is 15.6. The fraction of sp³-hybridized carbons (Fsp3) is 0.680. The first-order valence-electron chi connectivity index (χ1n) is 12.0. The molecule has 1 aromatic rings. The molecule has 1 unspecified atom stereocenters. The van der Waals surface area contributed by atoms with E-state index in [2.05, 4.69) is 12.2 Å². The number of alkyl halides is 3. The van der Waals surface area contributed by atoms with Gasteiger partial charge in [-0.25, -0.2) is 9.18 Å². The molecule has 1 atom stereocenters. The Morgan fingerprint density at radius 2 is 1.39 bits per heavy atom. The number of nitrogens with one attached hydrogen (secondary N) is 1. The Hall–Kier alpha value is -2.12. The number of hydrogen-bond donors (Lipinski definition) is 1. The number of carbonyl (C=O) groups is 2. The number of halogens is 4. The molecule has 0 aliphatic rings. The van der Waals surface area contributed by atoms with E-state index in [9.17, 15) is 27.2 Å². The van der Waals surface area contributed by atoms with Crippen LogP contribution in [0.5, 0.6) is 0 Å². The lowest BCUT2D eigenvalue weighted by Crippen LogP contribution is -2.39. The lowest BCUT2D eigenvalue weighted by Gasteiger charge is -2.14. The number of benzene rings is 1. The van der Waals surface area contributed by atoms with Crippen LogP contribution in [0, 0.1) is 5.82 Å². The van der Waals surface area contributed by atoms with Crippen molar-refractivity contribution in [1.82, 2.24) is 5.32 Å². The minimum atomic E-state index is -4.78. The summed E-state index contributed by atoms with van der Waals surface area (Å²) in [6, 6.07) is 0.480. The summed E-state index contributed by atoms with van der Waals surface area (Å²) in [7, 11) is 0. The van der Waals surface area contributed by atoms with Crippen molar-refractivity contribution in [2.45, 2.75) is 103 Å². The first-order valence-corrected chi connectivity index (χ1v) is 12.0. The number of rotatable bonds is 16. The van der Waals surface area contributed by atoms with E-state index in [1.807, 2.05) is 0 Å². The van der Waals surface area contributed by atoms with Gasteiger partial charge in [-0.3, -0.25) is 4.79 Å². The molecule has 0 aromatic heterocycles. The quantitative estimate of drug-likeness (QED) is 0.156. The summed E-state index contributed by atoms with van der Waals surface area (Å²) in [4.78, 5) is 24.1. The van der Waals surface area contributed by atoms with Gasteiger partial charge in [0.05, 0.1) is 12.2 Å². The van der Waals surface area contributed by atoms with Crippen LogP contribution in [0.15, 0.2) is 18.2 Å². The normalized spacial score (nSPS) is 12.4. The van der Waals surface area contributed by atoms with Gasteiger partial charge >= 0.3 is 12.1 Å². The van der Waals surface area contributed by atoms with E-state index in [1.165, 1.54) is 58.3 Å². The molecular weight excluding hydrogens is 438 g/mol. The van der Waals surface area contributed by atoms with Crippen LogP contribution in [0.25, 0.3) is 0 Å². The lowest BCUT2D eigenvalue weighted by atomic mass is 10.1. The number of carbonyl (C=O) groups excluding carboxylic acids is 2. The second-order valence-electron chi connectivity index (χ2n) is 8.48. The van der Waals surface area contributed by atoms with Crippen LogP contribution in [0.4, 0.5) is 17.6 Å². The third-order valence-electron chi connectivity index (χ3n) is 5.43. The third kappa shape index (κ3) is 12.6. The van der Waals surface area contributed by atoms with Crippen LogP contribution in [0.2, 0.25) is 0 Å². The van der Waals surface area contributed by atoms with Crippen molar-refractivity contribution >= 4 is 11.9 Å². The van der Waals surface area contributed by atoms with Crippen LogP contribution >= 0.6 is 0 Å². The van der Waals surface area contributed by atoms with Gasteiger partial charge in [0, 0.05) is 5.56 Å². The van der Waals surface area contributed by atoms with Crippen molar-refractivity contribution in [3.05, 3.63) is 35.1 Å². The molecule has 1 aromatic carbocycles. The topological polar surface area (TPSA) is 55.4 Å². The molecule has 0 saturated carbocycles. The molecule has 0 bridgehead atoms. The second kappa shape index (κ2) is 15.7. The molecule has 1 rings (SSSR count). The first kappa shape index (κ1) is 28.9. The largest absolute Gasteiger partial charge is 0.464 e. The third-order valence-corrected chi connectivity index (χ3v) is 5.43. The van der Waals surface area contributed by atoms with Gasteiger partial charge in [-0.15, -0.1) is 0 Å². The molecule has 4 nitrogen and oxygen atoms in total. The van der Waals surface area contributed by atoms with Crippen molar-refractivity contribution in [1.29, 1.82) is 0 Å². The zero-order valence-electron chi connectivity index (χ0n) is 19.7. The predicted octanol–water partition coefficient (Wildman–Crippen LogP) is 7.21. The maximum Gasteiger partial charge on any atom is 0.416 e. The van der Waals surface area contributed by atoms with Crippen LogP contribution < -0.4 is 5.32 Å². The Bertz CT molecular complexity index is 722. The summed E-state index contributed by atoms with van der Waals surface area (Å²) in [5.41, 5.74) is -1.78. The average Bonchev–Trinajstić information content (AvgIpc) is 2.75. The number of unbranched alkanes of at least 4 members (excludes halogenated alkanes) is 11. The molecule has 1 N–H and O–H groups in total. The molecule has 0 spiro atoms. The maximum absolute atomic E-state index is 13.5. The Balaban J connectivity index is 2.19. The number of hydrogen-bond acceptors (Lipinski definition) is 3. The molecule has 0 radical (unpaired) electrons. The molecule has 8 heteroatoms. The monoisotopic (exact) mass is 475 g/mol. The Labute approximate surface area is 194 Å². The van der Waals surface area contributed by atoms with Gasteiger partial charge in [0.1, 0.15) is 11.9 Å². The van der Waals surface area contributed by atoms with Gasteiger partial charge in [-0.05, 0) is 31.5 Å². The lowest BCUT2D eigenvalue weighted by molar-refractivity contribution is -0.145. The minimum Gasteiger partial charge on any atom is -0.464 e. The predicted molar refractivity (Wildman–Crippen MR) is 120 cm³/mol. The van der Waals surface area contributed by atoms with Crippen molar-refractivity contribution in [3.8, 4) is 0 Å². The number of amides is 1. The Kier molecular flexibility index (Phi) is 13.7. The van der Waals surface area contributed by atoms with E-state index >= 15 is 0 Å². The van der Waals surface area contributed by atoms with E-state index in [-0.39, 0.29) is 6.61 Å². The second-order valence-corrected chi connectivity index (χ2v) is 8.48. The molecule has 1 amide bonds. The van der Waals surface area contributed by atoms with Crippen LogP contribution in [-0.4, -0.2) is 24.5 Å². The van der Waals surface area contributed by atoms with Gasteiger partial charge in [0.25, 0.3) is 5.91 Å². The highest BCUT2D eigenvalue weighted by atomic mass is 19.4. The van der Waals surface area contributed by atoms with Crippen molar-refractivity contribution in [3.63, 3.8) is 0 Å². The number of esters is 1. The minimum absolute atomic E-state index is 0.217. The highest BCUT2D eigenvalue weighted by Crippen LogP contribution is 2.30. The summed E-state index contributed by atoms with van der Waals surface area (Å²) in [5, 5.41) is 2.25. The standard InChI is InChI=1S/C25H37F4NO3/c1-3-4-5-6-7-8-9-10-11-12-13-14-15-33-24(32)19(2)30-23(31)20-16-21(25(27,28)29)18-22(26)17-20/h16-19H,3-15H2,1-2H3,(H,30,31). The summed E-state index contributed by atoms with van der Waals surface area (Å²) >= 11 is 0.